The van der Waals surface area contributed by atoms with Gasteiger partial charge in [0.05, 0.1) is 6.61 Å². The third-order valence-electron chi connectivity index (χ3n) is 4.83. The minimum absolute atomic E-state index is 0.409. The Labute approximate surface area is 114 Å². The van der Waals surface area contributed by atoms with Crippen LogP contribution in [0.2, 0.25) is 0 Å². The van der Waals surface area contributed by atoms with Gasteiger partial charge in [0.15, 0.2) is 0 Å². The largest absolute Gasteiger partial charge is 0.384 e. The molecule has 0 aromatic rings. The van der Waals surface area contributed by atoms with Crippen LogP contribution >= 0.6 is 0 Å². The van der Waals surface area contributed by atoms with Crippen molar-refractivity contribution in [3.05, 3.63) is 0 Å². The summed E-state index contributed by atoms with van der Waals surface area (Å²) in [5.41, 5.74) is 0.409. The molecule has 0 aromatic carbocycles. The Morgan fingerprint density at radius 3 is 2.17 bits per heavy atom. The summed E-state index contributed by atoms with van der Waals surface area (Å²) in [4.78, 5) is 2.59. The first-order valence-corrected chi connectivity index (χ1v) is 7.93. The number of ether oxygens (including phenoxy) is 1. The standard InChI is InChI=1S/C16H33NO/c1-5-12-16(14-18-4,13-17(6-2)7-3)15-10-8-9-11-15/h15H,5-14H2,1-4H3. The minimum atomic E-state index is 0.409. The fourth-order valence-electron chi connectivity index (χ4n) is 3.86. The van der Waals surface area contributed by atoms with Crippen LogP contribution in [-0.2, 0) is 4.74 Å². The van der Waals surface area contributed by atoms with Gasteiger partial charge in [-0.25, -0.2) is 0 Å². The summed E-state index contributed by atoms with van der Waals surface area (Å²) in [5.74, 6) is 0.887. The van der Waals surface area contributed by atoms with Crippen molar-refractivity contribution in [2.45, 2.75) is 59.3 Å². The quantitative estimate of drug-likeness (QED) is 0.618. The second-order valence-electron chi connectivity index (χ2n) is 5.99. The predicted octanol–water partition coefficient (Wildman–Crippen LogP) is 3.95. The molecule has 0 aliphatic heterocycles. The van der Waals surface area contributed by atoms with Gasteiger partial charge in [-0.05, 0) is 38.3 Å². The highest BCUT2D eigenvalue weighted by Gasteiger charge is 2.40. The Morgan fingerprint density at radius 1 is 1.11 bits per heavy atom. The molecule has 1 atom stereocenters. The van der Waals surface area contributed by atoms with Crippen molar-refractivity contribution in [1.29, 1.82) is 0 Å². The van der Waals surface area contributed by atoms with Crippen LogP contribution in [-0.4, -0.2) is 38.3 Å². The lowest BCUT2D eigenvalue weighted by atomic mass is 9.71. The molecule has 1 unspecified atom stereocenters. The monoisotopic (exact) mass is 255 g/mol. The van der Waals surface area contributed by atoms with Crippen LogP contribution in [0.4, 0.5) is 0 Å². The van der Waals surface area contributed by atoms with E-state index in [1.807, 2.05) is 7.11 Å². The van der Waals surface area contributed by atoms with Crippen molar-refractivity contribution in [3.63, 3.8) is 0 Å². The van der Waals surface area contributed by atoms with Gasteiger partial charge in [0.25, 0.3) is 0 Å². The molecule has 1 rings (SSSR count). The normalized spacial score (nSPS) is 20.5. The highest BCUT2D eigenvalue weighted by Crippen LogP contribution is 2.44. The fraction of sp³-hybridized carbons (Fsp3) is 1.00. The SMILES string of the molecule is CCCC(COC)(CN(CC)CC)C1CCCC1. The van der Waals surface area contributed by atoms with Crippen molar-refractivity contribution in [1.82, 2.24) is 4.90 Å². The smallest absolute Gasteiger partial charge is 0.0533 e. The molecule has 108 valence electrons. The minimum Gasteiger partial charge on any atom is -0.384 e. The molecule has 1 aliphatic carbocycles. The van der Waals surface area contributed by atoms with E-state index in [1.54, 1.807) is 0 Å². The number of methoxy groups -OCH3 is 1. The maximum absolute atomic E-state index is 5.64. The van der Waals surface area contributed by atoms with Crippen molar-refractivity contribution in [3.8, 4) is 0 Å². The summed E-state index contributed by atoms with van der Waals surface area (Å²) in [6, 6.07) is 0. The number of hydrogen-bond donors (Lipinski definition) is 0. The first-order chi connectivity index (χ1) is 8.72. The maximum Gasteiger partial charge on any atom is 0.0533 e. The summed E-state index contributed by atoms with van der Waals surface area (Å²) >= 11 is 0. The third-order valence-corrected chi connectivity index (χ3v) is 4.83. The fourth-order valence-corrected chi connectivity index (χ4v) is 3.86. The number of nitrogens with zero attached hydrogens (tertiary/aromatic N) is 1. The highest BCUT2D eigenvalue weighted by atomic mass is 16.5. The van der Waals surface area contributed by atoms with Gasteiger partial charge < -0.3 is 9.64 Å². The van der Waals surface area contributed by atoms with Crippen molar-refractivity contribution >= 4 is 0 Å². The lowest BCUT2D eigenvalue weighted by Crippen LogP contribution is -2.45. The molecule has 0 spiro atoms. The second-order valence-corrected chi connectivity index (χ2v) is 5.99. The van der Waals surface area contributed by atoms with Gasteiger partial charge in [-0.2, -0.15) is 0 Å². The molecule has 0 N–H and O–H groups in total. The Bertz CT molecular complexity index is 201. The van der Waals surface area contributed by atoms with Gasteiger partial charge in [-0.3, -0.25) is 0 Å². The molecule has 2 heteroatoms. The van der Waals surface area contributed by atoms with Crippen LogP contribution in [0.25, 0.3) is 0 Å². The molecule has 0 heterocycles. The van der Waals surface area contributed by atoms with Crippen LogP contribution in [0.1, 0.15) is 59.3 Å². The summed E-state index contributed by atoms with van der Waals surface area (Å²) in [5, 5.41) is 0. The Hall–Kier alpha value is -0.0800. The van der Waals surface area contributed by atoms with E-state index in [0.29, 0.717) is 5.41 Å². The highest BCUT2D eigenvalue weighted by molar-refractivity contribution is 4.91. The number of rotatable bonds is 9. The predicted molar refractivity (Wildman–Crippen MR) is 79.0 cm³/mol. The van der Waals surface area contributed by atoms with E-state index in [4.69, 9.17) is 4.74 Å². The second kappa shape index (κ2) is 8.16. The zero-order chi connectivity index (χ0) is 13.4. The van der Waals surface area contributed by atoms with E-state index in [1.165, 1.54) is 58.2 Å². The van der Waals surface area contributed by atoms with Crippen LogP contribution in [0.15, 0.2) is 0 Å². The van der Waals surface area contributed by atoms with E-state index in [0.717, 1.165) is 12.5 Å². The van der Waals surface area contributed by atoms with Gasteiger partial charge >= 0.3 is 0 Å². The average Bonchev–Trinajstić information content (AvgIpc) is 2.90. The zero-order valence-corrected chi connectivity index (χ0v) is 13.0. The molecule has 0 bridgehead atoms. The van der Waals surface area contributed by atoms with Crippen molar-refractivity contribution in [2.24, 2.45) is 11.3 Å². The van der Waals surface area contributed by atoms with Crippen molar-refractivity contribution < 1.29 is 4.74 Å². The van der Waals surface area contributed by atoms with Gasteiger partial charge in [-0.1, -0.05) is 40.0 Å². The molecule has 0 aromatic heterocycles. The van der Waals surface area contributed by atoms with Gasteiger partial charge in [0, 0.05) is 19.1 Å². The maximum atomic E-state index is 5.64. The lowest BCUT2D eigenvalue weighted by Gasteiger charge is -2.42. The Morgan fingerprint density at radius 2 is 1.72 bits per heavy atom. The van der Waals surface area contributed by atoms with E-state index in [9.17, 15) is 0 Å². The van der Waals surface area contributed by atoms with Crippen LogP contribution in [0, 0.1) is 11.3 Å². The first-order valence-electron chi connectivity index (χ1n) is 7.93. The lowest BCUT2D eigenvalue weighted by molar-refractivity contribution is -0.00307. The Kier molecular flexibility index (Phi) is 7.25. The zero-order valence-electron chi connectivity index (χ0n) is 13.0. The third kappa shape index (κ3) is 3.96. The molecule has 2 nitrogen and oxygen atoms in total. The molecule has 18 heavy (non-hydrogen) atoms. The Balaban J connectivity index is 2.80. The summed E-state index contributed by atoms with van der Waals surface area (Å²) in [6.45, 7) is 11.4. The van der Waals surface area contributed by atoms with E-state index in [2.05, 4.69) is 25.7 Å². The first kappa shape index (κ1) is 16.0. The molecule has 0 radical (unpaired) electrons. The van der Waals surface area contributed by atoms with Crippen LogP contribution in [0.5, 0.6) is 0 Å². The van der Waals surface area contributed by atoms with Gasteiger partial charge in [-0.15, -0.1) is 0 Å². The molecule has 0 saturated heterocycles. The molecular formula is C16H33NO. The van der Waals surface area contributed by atoms with E-state index < -0.39 is 0 Å². The van der Waals surface area contributed by atoms with E-state index in [-0.39, 0.29) is 0 Å². The molecule has 1 aliphatic rings. The number of hydrogen-bond acceptors (Lipinski definition) is 2. The molecular weight excluding hydrogens is 222 g/mol. The van der Waals surface area contributed by atoms with Crippen LogP contribution in [0.3, 0.4) is 0 Å². The van der Waals surface area contributed by atoms with Crippen LogP contribution < -0.4 is 0 Å². The van der Waals surface area contributed by atoms with E-state index >= 15 is 0 Å². The summed E-state index contributed by atoms with van der Waals surface area (Å²) in [7, 11) is 1.88. The van der Waals surface area contributed by atoms with Gasteiger partial charge in [0.1, 0.15) is 0 Å². The average molecular weight is 255 g/mol. The molecule has 0 amide bonds. The topological polar surface area (TPSA) is 12.5 Å². The summed E-state index contributed by atoms with van der Waals surface area (Å²) in [6.07, 6.45) is 8.30. The van der Waals surface area contributed by atoms with Gasteiger partial charge in [0.2, 0.25) is 0 Å². The van der Waals surface area contributed by atoms with Crippen molar-refractivity contribution in [2.75, 3.05) is 33.4 Å². The summed E-state index contributed by atoms with van der Waals surface area (Å²) < 4.78 is 5.64. The molecule has 1 fully saturated rings. The molecule has 1 saturated carbocycles.